The first-order valence-corrected chi connectivity index (χ1v) is 24.6. The van der Waals surface area contributed by atoms with Crippen LogP contribution < -0.4 is 21.6 Å². The van der Waals surface area contributed by atoms with E-state index in [0.29, 0.717) is 87.5 Å². The molecular weight excluding hydrogens is 930 g/mol. The first kappa shape index (κ1) is 48.9. The molecule has 16 nitrogen and oxygen atoms in total. The lowest BCUT2D eigenvalue weighted by atomic mass is 9.75. The van der Waals surface area contributed by atoms with E-state index in [1.165, 1.54) is 33.2 Å². The maximum atomic E-state index is 14.6. The van der Waals surface area contributed by atoms with Crippen molar-refractivity contribution in [2.75, 3.05) is 71.0 Å². The molecule has 3 amide bonds. The van der Waals surface area contributed by atoms with Gasteiger partial charge in [0.15, 0.2) is 5.84 Å². The maximum absolute atomic E-state index is 14.6. The SMILES string of the molecule is C[N+](C=N)=C(N)CC1(c2cccc(-n3cc4c(C(F)(F)F)cc(CN5CCC(COCc6ccc(CN7CCN(c8ccc9c(c8)CN([C@@H]8CCC(=O)NC8=O)C9=O)CC7)cc6)CC5)cn4c3=O)c2)COC1. The van der Waals surface area contributed by atoms with Crippen LogP contribution in [0.5, 0.6) is 0 Å². The van der Waals surface area contributed by atoms with Gasteiger partial charge in [-0.05, 0) is 102 Å². The number of imide groups is 1. The fourth-order valence-corrected chi connectivity index (χ4v) is 10.8. The number of hydrogen-bond acceptors (Lipinski definition) is 10. The number of carbonyl (C=O) groups excluding carboxylic acids is 3. The number of nitrogens with one attached hydrogen (secondary N) is 2. The Hall–Kier alpha value is -6.67. The number of piperazine rings is 1. The highest BCUT2D eigenvalue weighted by Gasteiger charge is 2.43. The van der Waals surface area contributed by atoms with E-state index in [9.17, 15) is 32.3 Å². The predicted molar refractivity (Wildman–Crippen MR) is 263 cm³/mol. The van der Waals surface area contributed by atoms with Crippen LogP contribution in [0.1, 0.15) is 75.8 Å². The summed E-state index contributed by atoms with van der Waals surface area (Å²) in [5.74, 6) is -0.0732. The van der Waals surface area contributed by atoms with E-state index < -0.39 is 34.8 Å². The van der Waals surface area contributed by atoms with Gasteiger partial charge in [0.1, 0.15) is 6.04 Å². The molecule has 10 rings (SSSR count). The molecule has 4 fully saturated rings. The minimum atomic E-state index is -4.69. The standard InChI is InChI=1S/C53H59F3N10O6/c1-60(34-57)47(58)24-52(32-72-33-52)40-3-2-4-42(23-40)64-29-46-44(53(54,55)56)21-38(27-66(46)51(64)70)26-61-15-13-37(14-16-61)31-71-30-36-7-5-35(6-8-36)25-62-17-19-63(20-18-62)41-9-10-43-39(22-41)28-65(50(43)69)45-11-12-48(67)59-49(45)68/h2-10,21-23,27,29,34,37,45,57-58H,11-20,24-26,28,30-33H2,1H3,(H,59,67,68)/p+1/t45-/m1/s1. The number of ether oxygens (including phenoxy) is 2. The summed E-state index contributed by atoms with van der Waals surface area (Å²) < 4.78 is 59.6. The predicted octanol–water partition coefficient (Wildman–Crippen LogP) is 4.89. The number of carbonyl (C=O) groups is 3. The number of aromatic nitrogens is 2. The van der Waals surface area contributed by atoms with Gasteiger partial charge in [0, 0.05) is 88.9 Å². The van der Waals surface area contributed by atoms with E-state index >= 15 is 0 Å². The number of imidazole rings is 1. The quantitative estimate of drug-likeness (QED) is 0.0568. The highest BCUT2D eigenvalue weighted by atomic mass is 19.4. The van der Waals surface area contributed by atoms with Gasteiger partial charge in [0.2, 0.25) is 18.2 Å². The molecule has 3 aromatic carbocycles. The summed E-state index contributed by atoms with van der Waals surface area (Å²) in [6.45, 7) is 8.16. The number of rotatable bonds is 15. The zero-order chi connectivity index (χ0) is 50.3. The van der Waals surface area contributed by atoms with Crippen molar-refractivity contribution in [2.24, 2.45) is 11.7 Å². The summed E-state index contributed by atoms with van der Waals surface area (Å²) in [6, 6.07) is 22.1. The highest BCUT2D eigenvalue weighted by Crippen LogP contribution is 2.38. The van der Waals surface area contributed by atoms with Gasteiger partial charge in [-0.15, -0.1) is 0 Å². The van der Waals surface area contributed by atoms with Crippen LogP contribution in [-0.2, 0) is 56.9 Å². The van der Waals surface area contributed by atoms with Crippen molar-refractivity contribution in [3.8, 4) is 5.69 Å². The lowest BCUT2D eigenvalue weighted by Crippen LogP contribution is -2.52. The lowest BCUT2D eigenvalue weighted by Gasteiger charge is -2.41. The number of likely N-dealkylation sites (tertiary alicyclic amines) is 1. The molecule has 4 saturated heterocycles. The molecular formula is C53H60F3N10O6+. The molecule has 0 saturated carbocycles. The molecule has 4 N–H and O–H groups in total. The third-order valence-corrected chi connectivity index (χ3v) is 15.2. The molecule has 0 radical (unpaired) electrons. The van der Waals surface area contributed by atoms with Crippen LogP contribution in [0, 0.1) is 11.3 Å². The molecule has 378 valence electrons. The summed E-state index contributed by atoms with van der Waals surface area (Å²) in [6.07, 6.45) is 1.89. The summed E-state index contributed by atoms with van der Waals surface area (Å²) in [5, 5.41) is 9.92. The van der Waals surface area contributed by atoms with Crippen molar-refractivity contribution in [2.45, 2.75) is 76.0 Å². The number of amidine groups is 1. The van der Waals surface area contributed by atoms with Gasteiger partial charge in [0.05, 0.1) is 49.1 Å². The van der Waals surface area contributed by atoms with E-state index in [-0.39, 0.29) is 30.3 Å². The number of pyridine rings is 1. The van der Waals surface area contributed by atoms with Crippen LogP contribution >= 0.6 is 0 Å². The molecule has 19 heteroatoms. The summed E-state index contributed by atoms with van der Waals surface area (Å²) in [5.41, 5.74) is 10.7. The Morgan fingerprint density at radius 3 is 2.29 bits per heavy atom. The Balaban J connectivity index is 0.686. The van der Waals surface area contributed by atoms with Gasteiger partial charge >= 0.3 is 11.9 Å². The average molecular weight is 990 g/mol. The number of amides is 3. The molecule has 0 aliphatic carbocycles. The number of piperidine rings is 2. The van der Waals surface area contributed by atoms with Gasteiger partial charge in [-0.25, -0.2) is 9.37 Å². The largest absolute Gasteiger partial charge is 0.418 e. The second-order valence-electron chi connectivity index (χ2n) is 20.1. The average Bonchev–Trinajstić information content (AvgIpc) is 3.87. The van der Waals surface area contributed by atoms with Gasteiger partial charge in [0.25, 0.3) is 5.91 Å². The molecule has 72 heavy (non-hydrogen) atoms. The van der Waals surface area contributed by atoms with E-state index in [4.69, 9.17) is 20.6 Å². The van der Waals surface area contributed by atoms with E-state index in [0.717, 1.165) is 78.7 Å². The van der Waals surface area contributed by atoms with Crippen molar-refractivity contribution in [1.82, 2.24) is 29.0 Å². The van der Waals surface area contributed by atoms with Gasteiger partial charge in [-0.3, -0.25) is 38.5 Å². The maximum Gasteiger partial charge on any atom is 0.418 e. The third kappa shape index (κ3) is 10.1. The molecule has 1 atom stereocenters. The summed E-state index contributed by atoms with van der Waals surface area (Å²) in [4.78, 5) is 59.7. The molecule has 5 aliphatic rings. The van der Waals surface area contributed by atoms with E-state index in [2.05, 4.69) is 50.3 Å². The minimum Gasteiger partial charge on any atom is -0.379 e. The minimum absolute atomic E-state index is 0.166. The van der Waals surface area contributed by atoms with Crippen LogP contribution in [0.4, 0.5) is 18.9 Å². The van der Waals surface area contributed by atoms with Crippen molar-refractivity contribution in [3.63, 3.8) is 0 Å². The van der Waals surface area contributed by atoms with Crippen molar-refractivity contribution in [1.29, 1.82) is 5.41 Å². The Morgan fingerprint density at radius 1 is 0.875 bits per heavy atom. The number of nitrogens with two attached hydrogens (primary N) is 1. The lowest BCUT2D eigenvalue weighted by molar-refractivity contribution is -0.365. The van der Waals surface area contributed by atoms with Gasteiger partial charge < -0.3 is 25.0 Å². The zero-order valence-corrected chi connectivity index (χ0v) is 40.3. The third-order valence-electron chi connectivity index (χ3n) is 15.2. The Bertz CT molecular complexity index is 2980. The van der Waals surface area contributed by atoms with E-state index in [1.54, 1.807) is 30.1 Å². The highest BCUT2D eigenvalue weighted by molar-refractivity contribution is 6.05. The Labute approximate surface area is 414 Å². The first-order valence-electron chi connectivity index (χ1n) is 24.6. The first-order chi connectivity index (χ1) is 34.6. The molecule has 5 aliphatic heterocycles. The Kier molecular flexibility index (Phi) is 13.7. The fourth-order valence-electron chi connectivity index (χ4n) is 10.8. The van der Waals surface area contributed by atoms with Crippen LogP contribution in [0.2, 0.25) is 0 Å². The molecule has 2 aromatic heterocycles. The van der Waals surface area contributed by atoms with Crippen LogP contribution in [0.3, 0.4) is 0 Å². The van der Waals surface area contributed by atoms with E-state index in [1.807, 2.05) is 18.2 Å². The van der Waals surface area contributed by atoms with Crippen molar-refractivity contribution >= 4 is 41.1 Å². The number of alkyl halides is 3. The Morgan fingerprint density at radius 2 is 1.60 bits per heavy atom. The summed E-state index contributed by atoms with van der Waals surface area (Å²) in [7, 11) is 1.69. The van der Waals surface area contributed by atoms with Crippen LogP contribution in [0.25, 0.3) is 11.2 Å². The monoisotopic (exact) mass is 989 g/mol. The van der Waals surface area contributed by atoms with Crippen molar-refractivity contribution in [3.05, 3.63) is 135 Å². The normalized spacial score (nSPS) is 20.4. The number of hydrogen-bond donors (Lipinski definition) is 3. The number of anilines is 1. The molecule has 0 spiro atoms. The second-order valence-corrected chi connectivity index (χ2v) is 20.1. The van der Waals surface area contributed by atoms with Gasteiger partial charge in [-0.2, -0.15) is 18.6 Å². The molecule has 0 unspecified atom stereocenters. The molecule has 7 heterocycles. The van der Waals surface area contributed by atoms with Crippen LogP contribution in [-0.4, -0.2) is 130 Å². The fraction of sp³-hybridized carbons (Fsp3) is 0.434. The summed E-state index contributed by atoms with van der Waals surface area (Å²) >= 11 is 0. The topological polar surface area (TPSA) is 174 Å². The number of halogens is 3. The van der Waals surface area contributed by atoms with Crippen LogP contribution in [0.15, 0.2) is 90.0 Å². The number of fused-ring (bicyclic) bond motifs is 2. The molecule has 5 aromatic rings. The van der Waals surface area contributed by atoms with Gasteiger partial charge in [-0.1, -0.05) is 36.4 Å². The number of benzene rings is 3. The zero-order valence-electron chi connectivity index (χ0n) is 40.3. The van der Waals surface area contributed by atoms with Crippen molar-refractivity contribution < 1.29 is 41.6 Å². The second kappa shape index (κ2) is 20.1. The smallest absolute Gasteiger partial charge is 0.379 e. The molecule has 0 bridgehead atoms. The number of nitrogens with zero attached hydrogens (tertiary/aromatic N) is 7.